The van der Waals surface area contributed by atoms with E-state index in [1.54, 1.807) is 19.2 Å². The van der Waals surface area contributed by atoms with Crippen LogP contribution in [0.25, 0.3) is 0 Å². The highest BCUT2D eigenvalue weighted by atomic mass is 16.5. The molecule has 1 heterocycles. The molecule has 104 valence electrons. The Balaban J connectivity index is 2.04. The Hall–Kier alpha value is -1.58. The van der Waals surface area contributed by atoms with Gasteiger partial charge in [0.25, 0.3) is 0 Å². The number of pyridine rings is 1. The van der Waals surface area contributed by atoms with Gasteiger partial charge in [-0.3, -0.25) is 4.98 Å². The van der Waals surface area contributed by atoms with Gasteiger partial charge in [-0.2, -0.15) is 0 Å². The second kappa shape index (κ2) is 6.55. The molecule has 0 aliphatic heterocycles. The summed E-state index contributed by atoms with van der Waals surface area (Å²) in [6.07, 6.45) is 9.00. The molecule has 0 amide bonds. The van der Waals surface area contributed by atoms with Gasteiger partial charge in [0.05, 0.1) is 23.6 Å². The summed E-state index contributed by atoms with van der Waals surface area (Å²) in [6.45, 7) is 2.15. The standard InChI is InChI=1S/C15H22N2O2/c1-2-19-15(18)12-9-13(16)14(17-10-12)8-11-6-4-3-5-7-11/h9-11H,2-8,16H2,1H3. The largest absolute Gasteiger partial charge is 0.462 e. The predicted molar refractivity (Wildman–Crippen MR) is 74.9 cm³/mol. The molecular weight excluding hydrogens is 240 g/mol. The van der Waals surface area contributed by atoms with E-state index < -0.39 is 0 Å². The summed E-state index contributed by atoms with van der Waals surface area (Å²) < 4.78 is 4.94. The number of nitrogen functional groups attached to an aromatic ring is 1. The van der Waals surface area contributed by atoms with Crippen molar-refractivity contribution in [1.82, 2.24) is 4.98 Å². The van der Waals surface area contributed by atoms with E-state index in [4.69, 9.17) is 10.5 Å². The highest BCUT2D eigenvalue weighted by Crippen LogP contribution is 2.28. The van der Waals surface area contributed by atoms with Crippen LogP contribution in [0, 0.1) is 5.92 Å². The van der Waals surface area contributed by atoms with Gasteiger partial charge in [0, 0.05) is 6.20 Å². The van der Waals surface area contributed by atoms with Crippen molar-refractivity contribution in [2.24, 2.45) is 5.92 Å². The lowest BCUT2D eigenvalue weighted by molar-refractivity contribution is 0.0526. The van der Waals surface area contributed by atoms with E-state index in [1.807, 2.05) is 0 Å². The van der Waals surface area contributed by atoms with Crippen molar-refractivity contribution < 1.29 is 9.53 Å². The summed E-state index contributed by atoms with van der Waals surface area (Å²) >= 11 is 0. The summed E-state index contributed by atoms with van der Waals surface area (Å²) in [7, 11) is 0. The van der Waals surface area contributed by atoms with Gasteiger partial charge in [0.2, 0.25) is 0 Å². The number of carbonyl (C=O) groups is 1. The molecule has 0 atom stereocenters. The fraction of sp³-hybridized carbons (Fsp3) is 0.600. The number of aromatic nitrogens is 1. The van der Waals surface area contributed by atoms with Gasteiger partial charge >= 0.3 is 5.97 Å². The van der Waals surface area contributed by atoms with Crippen LogP contribution in [0.3, 0.4) is 0 Å². The molecule has 1 aliphatic rings. The highest BCUT2D eigenvalue weighted by Gasteiger charge is 2.17. The SMILES string of the molecule is CCOC(=O)c1cnc(CC2CCCCC2)c(N)c1. The molecular formula is C15H22N2O2. The van der Waals surface area contributed by atoms with Crippen LogP contribution < -0.4 is 5.73 Å². The molecule has 1 aromatic heterocycles. The van der Waals surface area contributed by atoms with Gasteiger partial charge < -0.3 is 10.5 Å². The Bertz CT molecular complexity index is 440. The molecule has 1 aliphatic carbocycles. The average Bonchev–Trinajstić information content (AvgIpc) is 2.42. The predicted octanol–water partition coefficient (Wildman–Crippen LogP) is 2.96. The second-order valence-electron chi connectivity index (χ2n) is 5.19. The molecule has 1 fully saturated rings. The summed E-state index contributed by atoms with van der Waals surface area (Å²) in [5.41, 5.74) is 7.96. The van der Waals surface area contributed by atoms with E-state index in [0.29, 0.717) is 23.8 Å². The molecule has 1 saturated carbocycles. The maximum atomic E-state index is 11.6. The van der Waals surface area contributed by atoms with E-state index >= 15 is 0 Å². The first-order valence-electron chi connectivity index (χ1n) is 7.12. The Labute approximate surface area is 114 Å². The minimum atomic E-state index is -0.356. The Kier molecular flexibility index (Phi) is 4.77. The minimum absolute atomic E-state index is 0.356. The van der Waals surface area contributed by atoms with Crippen LogP contribution in [-0.2, 0) is 11.2 Å². The number of ether oxygens (including phenoxy) is 1. The molecule has 1 aromatic rings. The maximum Gasteiger partial charge on any atom is 0.339 e. The van der Waals surface area contributed by atoms with E-state index in [2.05, 4.69) is 4.98 Å². The van der Waals surface area contributed by atoms with Gasteiger partial charge in [-0.25, -0.2) is 4.79 Å². The van der Waals surface area contributed by atoms with Crippen molar-refractivity contribution in [2.45, 2.75) is 45.4 Å². The first-order chi connectivity index (χ1) is 9.20. The molecule has 0 bridgehead atoms. The third-order valence-electron chi connectivity index (χ3n) is 3.72. The molecule has 2 rings (SSSR count). The van der Waals surface area contributed by atoms with Gasteiger partial charge in [0.1, 0.15) is 0 Å². The molecule has 2 N–H and O–H groups in total. The van der Waals surface area contributed by atoms with Crippen molar-refractivity contribution in [3.8, 4) is 0 Å². The molecule has 0 saturated heterocycles. The number of rotatable bonds is 4. The second-order valence-corrected chi connectivity index (χ2v) is 5.19. The monoisotopic (exact) mass is 262 g/mol. The number of anilines is 1. The van der Waals surface area contributed by atoms with Crippen LogP contribution in [0.4, 0.5) is 5.69 Å². The zero-order valence-corrected chi connectivity index (χ0v) is 11.5. The summed E-state index contributed by atoms with van der Waals surface area (Å²) in [6, 6.07) is 1.68. The fourth-order valence-electron chi connectivity index (χ4n) is 2.67. The van der Waals surface area contributed by atoms with Crippen molar-refractivity contribution in [2.75, 3.05) is 12.3 Å². The summed E-state index contributed by atoms with van der Waals surface area (Å²) in [5, 5.41) is 0. The van der Waals surface area contributed by atoms with Crippen LogP contribution in [0.1, 0.15) is 55.1 Å². The fourth-order valence-corrected chi connectivity index (χ4v) is 2.67. The minimum Gasteiger partial charge on any atom is -0.462 e. The van der Waals surface area contributed by atoms with Crippen molar-refractivity contribution >= 4 is 11.7 Å². The molecule has 0 radical (unpaired) electrons. The maximum absolute atomic E-state index is 11.6. The number of nitrogens with two attached hydrogens (primary N) is 1. The van der Waals surface area contributed by atoms with Crippen molar-refractivity contribution in [1.29, 1.82) is 0 Å². The molecule has 19 heavy (non-hydrogen) atoms. The van der Waals surface area contributed by atoms with E-state index in [0.717, 1.165) is 12.1 Å². The highest BCUT2D eigenvalue weighted by molar-refractivity contribution is 5.90. The Morgan fingerprint density at radius 1 is 1.42 bits per heavy atom. The van der Waals surface area contributed by atoms with Crippen molar-refractivity contribution in [3.63, 3.8) is 0 Å². The lowest BCUT2D eigenvalue weighted by Crippen LogP contribution is -2.13. The molecule has 0 aromatic carbocycles. The van der Waals surface area contributed by atoms with Gasteiger partial charge in [-0.1, -0.05) is 32.1 Å². The topological polar surface area (TPSA) is 65.2 Å². The molecule has 4 heteroatoms. The Morgan fingerprint density at radius 2 is 2.16 bits per heavy atom. The van der Waals surface area contributed by atoms with E-state index in [9.17, 15) is 4.79 Å². The number of esters is 1. The van der Waals surface area contributed by atoms with Crippen LogP contribution >= 0.6 is 0 Å². The Morgan fingerprint density at radius 3 is 2.79 bits per heavy atom. The van der Waals surface area contributed by atoms with Crippen LogP contribution in [0.5, 0.6) is 0 Å². The van der Waals surface area contributed by atoms with Gasteiger partial charge in [-0.15, -0.1) is 0 Å². The molecule has 4 nitrogen and oxygen atoms in total. The molecule has 0 unspecified atom stereocenters. The van der Waals surface area contributed by atoms with E-state index in [1.165, 1.54) is 32.1 Å². The van der Waals surface area contributed by atoms with Crippen LogP contribution in [-0.4, -0.2) is 17.6 Å². The normalized spacial score (nSPS) is 16.3. The van der Waals surface area contributed by atoms with Gasteiger partial charge in [0.15, 0.2) is 0 Å². The number of carbonyl (C=O) groups excluding carboxylic acids is 1. The number of hydrogen-bond acceptors (Lipinski definition) is 4. The van der Waals surface area contributed by atoms with Crippen LogP contribution in [0.2, 0.25) is 0 Å². The lowest BCUT2D eigenvalue weighted by atomic mass is 9.86. The quantitative estimate of drug-likeness (QED) is 0.847. The first-order valence-corrected chi connectivity index (χ1v) is 7.12. The summed E-state index contributed by atoms with van der Waals surface area (Å²) in [4.78, 5) is 15.9. The number of hydrogen-bond donors (Lipinski definition) is 1. The van der Waals surface area contributed by atoms with Crippen molar-refractivity contribution in [3.05, 3.63) is 23.5 Å². The smallest absolute Gasteiger partial charge is 0.339 e. The first kappa shape index (κ1) is 13.8. The van der Waals surface area contributed by atoms with E-state index in [-0.39, 0.29) is 5.97 Å². The zero-order chi connectivity index (χ0) is 13.7. The summed E-state index contributed by atoms with van der Waals surface area (Å²) in [5.74, 6) is 0.336. The zero-order valence-electron chi connectivity index (χ0n) is 11.5. The third kappa shape index (κ3) is 3.69. The third-order valence-corrected chi connectivity index (χ3v) is 3.72. The number of nitrogens with zero attached hydrogens (tertiary/aromatic N) is 1. The van der Waals surface area contributed by atoms with Gasteiger partial charge in [-0.05, 0) is 25.3 Å². The van der Waals surface area contributed by atoms with Crippen LogP contribution in [0.15, 0.2) is 12.3 Å². The lowest BCUT2D eigenvalue weighted by Gasteiger charge is -2.21. The molecule has 0 spiro atoms. The average molecular weight is 262 g/mol.